The number of amides is 2. The summed E-state index contributed by atoms with van der Waals surface area (Å²) in [6.45, 7) is 4.91. The molecule has 0 bridgehead atoms. The van der Waals surface area contributed by atoms with Crippen LogP contribution in [-0.4, -0.2) is 31.5 Å². The normalized spacial score (nSPS) is 14.7. The van der Waals surface area contributed by atoms with Crippen molar-refractivity contribution in [3.8, 4) is 5.75 Å². The van der Waals surface area contributed by atoms with Crippen molar-refractivity contribution >= 4 is 11.8 Å². The van der Waals surface area contributed by atoms with Gasteiger partial charge in [-0.3, -0.25) is 9.59 Å². The van der Waals surface area contributed by atoms with Gasteiger partial charge in [-0.25, -0.2) is 0 Å². The fourth-order valence-corrected chi connectivity index (χ4v) is 3.31. The molecule has 0 unspecified atom stereocenters. The SMILES string of the molecule is Cc1ccc(OCC(=O)NCCNC(=O)CCC2CCCCC2)cc1C. The van der Waals surface area contributed by atoms with Crippen LogP contribution in [0.5, 0.6) is 5.75 Å². The topological polar surface area (TPSA) is 67.4 Å². The first-order chi connectivity index (χ1) is 12.5. The number of ether oxygens (including phenoxy) is 1. The summed E-state index contributed by atoms with van der Waals surface area (Å²) in [6.07, 6.45) is 8.07. The summed E-state index contributed by atoms with van der Waals surface area (Å²) in [7, 11) is 0. The molecule has 0 radical (unpaired) electrons. The van der Waals surface area contributed by atoms with E-state index in [1.54, 1.807) is 0 Å². The van der Waals surface area contributed by atoms with E-state index >= 15 is 0 Å². The van der Waals surface area contributed by atoms with Gasteiger partial charge in [0.2, 0.25) is 5.91 Å². The highest BCUT2D eigenvalue weighted by atomic mass is 16.5. The molecule has 1 aromatic rings. The van der Waals surface area contributed by atoms with Gasteiger partial charge in [0.15, 0.2) is 6.61 Å². The molecule has 1 saturated carbocycles. The number of benzene rings is 1. The van der Waals surface area contributed by atoms with Gasteiger partial charge in [0.25, 0.3) is 5.91 Å². The Bertz CT molecular complexity index is 595. The van der Waals surface area contributed by atoms with Gasteiger partial charge in [0.1, 0.15) is 5.75 Å². The van der Waals surface area contributed by atoms with E-state index in [0.717, 1.165) is 17.9 Å². The molecule has 1 aliphatic carbocycles. The van der Waals surface area contributed by atoms with Gasteiger partial charge < -0.3 is 15.4 Å². The predicted octanol–water partition coefficient (Wildman–Crippen LogP) is 3.28. The Balaban J connectivity index is 1.52. The van der Waals surface area contributed by atoms with E-state index in [9.17, 15) is 9.59 Å². The van der Waals surface area contributed by atoms with Crippen molar-refractivity contribution in [1.82, 2.24) is 10.6 Å². The molecule has 26 heavy (non-hydrogen) atoms. The minimum atomic E-state index is -0.181. The number of hydrogen-bond acceptors (Lipinski definition) is 3. The van der Waals surface area contributed by atoms with E-state index in [2.05, 4.69) is 10.6 Å². The summed E-state index contributed by atoms with van der Waals surface area (Å²) in [5, 5.41) is 5.63. The minimum Gasteiger partial charge on any atom is -0.484 e. The summed E-state index contributed by atoms with van der Waals surface area (Å²) in [5.74, 6) is 1.31. The Morgan fingerprint density at radius 2 is 1.69 bits per heavy atom. The maximum Gasteiger partial charge on any atom is 0.258 e. The third-order valence-corrected chi connectivity index (χ3v) is 5.12. The number of hydrogen-bond donors (Lipinski definition) is 2. The van der Waals surface area contributed by atoms with Gasteiger partial charge >= 0.3 is 0 Å². The van der Waals surface area contributed by atoms with Crippen LogP contribution in [0, 0.1) is 19.8 Å². The fourth-order valence-electron chi connectivity index (χ4n) is 3.31. The van der Waals surface area contributed by atoms with Crippen LogP contribution in [-0.2, 0) is 9.59 Å². The molecule has 2 N–H and O–H groups in total. The van der Waals surface area contributed by atoms with Crippen LogP contribution in [0.1, 0.15) is 56.1 Å². The molecule has 0 heterocycles. The molecule has 1 aliphatic rings. The third kappa shape index (κ3) is 7.46. The van der Waals surface area contributed by atoms with E-state index in [-0.39, 0.29) is 18.4 Å². The van der Waals surface area contributed by atoms with E-state index in [1.165, 1.54) is 37.7 Å². The van der Waals surface area contributed by atoms with Gasteiger partial charge in [-0.15, -0.1) is 0 Å². The fraction of sp³-hybridized carbons (Fsp3) is 0.619. The van der Waals surface area contributed by atoms with Gasteiger partial charge in [-0.2, -0.15) is 0 Å². The molecule has 0 atom stereocenters. The van der Waals surface area contributed by atoms with Crippen molar-refractivity contribution in [2.24, 2.45) is 5.92 Å². The van der Waals surface area contributed by atoms with E-state index in [0.29, 0.717) is 25.3 Å². The zero-order valence-electron chi connectivity index (χ0n) is 16.1. The number of nitrogens with one attached hydrogen (secondary N) is 2. The van der Waals surface area contributed by atoms with Crippen molar-refractivity contribution in [1.29, 1.82) is 0 Å². The second-order valence-electron chi connectivity index (χ2n) is 7.28. The van der Waals surface area contributed by atoms with Crippen molar-refractivity contribution in [3.05, 3.63) is 29.3 Å². The quantitative estimate of drug-likeness (QED) is 0.664. The molecule has 2 amide bonds. The number of rotatable bonds is 9. The molecular weight excluding hydrogens is 328 g/mol. The van der Waals surface area contributed by atoms with Crippen molar-refractivity contribution in [3.63, 3.8) is 0 Å². The zero-order chi connectivity index (χ0) is 18.8. The molecule has 2 rings (SSSR count). The van der Waals surface area contributed by atoms with Crippen molar-refractivity contribution in [2.75, 3.05) is 19.7 Å². The molecule has 1 aromatic carbocycles. The summed E-state index contributed by atoms with van der Waals surface area (Å²) >= 11 is 0. The lowest BCUT2D eigenvalue weighted by Crippen LogP contribution is -2.36. The van der Waals surface area contributed by atoms with Crippen molar-refractivity contribution in [2.45, 2.75) is 58.8 Å². The summed E-state index contributed by atoms with van der Waals surface area (Å²) in [6, 6.07) is 5.77. The lowest BCUT2D eigenvalue weighted by Gasteiger charge is -2.20. The van der Waals surface area contributed by atoms with Crippen LogP contribution in [0.2, 0.25) is 0 Å². The van der Waals surface area contributed by atoms with Crippen LogP contribution in [0.25, 0.3) is 0 Å². The Morgan fingerprint density at radius 1 is 1.00 bits per heavy atom. The molecule has 5 nitrogen and oxygen atoms in total. The maximum absolute atomic E-state index is 11.9. The number of carbonyl (C=O) groups is 2. The lowest BCUT2D eigenvalue weighted by molar-refractivity contribution is -0.124. The number of aryl methyl sites for hydroxylation is 2. The second-order valence-corrected chi connectivity index (χ2v) is 7.28. The van der Waals surface area contributed by atoms with E-state index < -0.39 is 0 Å². The molecule has 5 heteroatoms. The van der Waals surface area contributed by atoms with Crippen LogP contribution in [0.3, 0.4) is 0 Å². The Labute approximate surface area is 156 Å². The smallest absolute Gasteiger partial charge is 0.258 e. The van der Waals surface area contributed by atoms with Crippen LogP contribution in [0.4, 0.5) is 0 Å². The van der Waals surface area contributed by atoms with Crippen LogP contribution < -0.4 is 15.4 Å². The summed E-state index contributed by atoms with van der Waals surface area (Å²) < 4.78 is 5.49. The van der Waals surface area contributed by atoms with E-state index in [4.69, 9.17) is 4.74 Å². The maximum atomic E-state index is 11.9. The van der Waals surface area contributed by atoms with Gasteiger partial charge in [-0.1, -0.05) is 38.2 Å². The van der Waals surface area contributed by atoms with Crippen LogP contribution in [0.15, 0.2) is 18.2 Å². The highest BCUT2D eigenvalue weighted by Gasteiger charge is 2.14. The lowest BCUT2D eigenvalue weighted by atomic mass is 9.86. The van der Waals surface area contributed by atoms with Gasteiger partial charge in [-0.05, 0) is 49.4 Å². The summed E-state index contributed by atoms with van der Waals surface area (Å²) in [4.78, 5) is 23.6. The Hall–Kier alpha value is -2.04. The third-order valence-electron chi connectivity index (χ3n) is 5.12. The minimum absolute atomic E-state index is 0.0157. The zero-order valence-corrected chi connectivity index (χ0v) is 16.1. The first-order valence-electron chi connectivity index (χ1n) is 9.78. The molecule has 0 saturated heterocycles. The average molecular weight is 360 g/mol. The predicted molar refractivity (Wildman–Crippen MR) is 103 cm³/mol. The Kier molecular flexibility index (Phi) is 8.45. The van der Waals surface area contributed by atoms with Gasteiger partial charge in [0.05, 0.1) is 0 Å². The molecule has 1 fully saturated rings. The van der Waals surface area contributed by atoms with E-state index in [1.807, 2.05) is 32.0 Å². The molecule has 144 valence electrons. The molecular formula is C21H32N2O3. The van der Waals surface area contributed by atoms with Gasteiger partial charge in [0, 0.05) is 19.5 Å². The first-order valence-corrected chi connectivity index (χ1v) is 9.78. The summed E-state index contributed by atoms with van der Waals surface area (Å²) in [5.41, 5.74) is 2.33. The highest BCUT2D eigenvalue weighted by Crippen LogP contribution is 2.27. The Morgan fingerprint density at radius 3 is 2.38 bits per heavy atom. The monoisotopic (exact) mass is 360 g/mol. The largest absolute Gasteiger partial charge is 0.484 e. The molecule has 0 aliphatic heterocycles. The average Bonchev–Trinajstić information content (AvgIpc) is 2.65. The first kappa shape index (κ1) is 20.3. The second kappa shape index (κ2) is 10.8. The standard InChI is InChI=1S/C21H32N2O3/c1-16-8-10-19(14-17(16)2)26-15-21(25)23-13-12-22-20(24)11-9-18-6-4-3-5-7-18/h8,10,14,18H,3-7,9,11-13,15H2,1-2H3,(H,22,24)(H,23,25). The number of carbonyl (C=O) groups excluding carboxylic acids is 2. The molecule has 0 spiro atoms. The highest BCUT2D eigenvalue weighted by molar-refractivity contribution is 5.78. The van der Waals surface area contributed by atoms with Crippen LogP contribution >= 0.6 is 0 Å². The molecule has 0 aromatic heterocycles. The van der Waals surface area contributed by atoms with Crippen molar-refractivity contribution < 1.29 is 14.3 Å².